The number of carbonyl (C=O) groups excluding carboxylic acids is 1. The van der Waals surface area contributed by atoms with E-state index in [0.29, 0.717) is 30.7 Å². The summed E-state index contributed by atoms with van der Waals surface area (Å²) in [7, 11) is 0. The molecular weight excluding hydrogens is 412 g/mol. The van der Waals surface area contributed by atoms with Gasteiger partial charge in [0.25, 0.3) is 0 Å². The molecule has 0 spiro atoms. The number of benzene rings is 2. The second-order valence-corrected chi connectivity index (χ2v) is 9.50. The molecule has 1 saturated heterocycles. The molecule has 1 fully saturated rings. The van der Waals surface area contributed by atoms with Gasteiger partial charge in [-0.3, -0.25) is 9.69 Å². The van der Waals surface area contributed by atoms with Gasteiger partial charge in [0.15, 0.2) is 0 Å². The molecule has 33 heavy (non-hydrogen) atoms. The number of amides is 1. The second-order valence-electron chi connectivity index (χ2n) is 9.50. The Bertz CT molecular complexity index is 1050. The van der Waals surface area contributed by atoms with Crippen LogP contribution in [0.4, 0.5) is 0 Å². The van der Waals surface area contributed by atoms with Gasteiger partial charge in [0.2, 0.25) is 17.6 Å². The Kier molecular flexibility index (Phi) is 7.55. The van der Waals surface area contributed by atoms with Gasteiger partial charge in [0, 0.05) is 12.1 Å². The van der Waals surface area contributed by atoms with Crippen LogP contribution >= 0.6 is 0 Å². The first kappa shape index (κ1) is 23.2. The van der Waals surface area contributed by atoms with E-state index in [4.69, 9.17) is 4.52 Å². The first-order chi connectivity index (χ1) is 16.0. The number of hydrogen-bond donors (Lipinski definition) is 1. The van der Waals surface area contributed by atoms with E-state index in [1.54, 1.807) is 0 Å². The molecule has 6 nitrogen and oxygen atoms in total. The Hall–Kier alpha value is -2.99. The molecule has 4 rings (SSSR count). The third kappa shape index (κ3) is 6.08. The van der Waals surface area contributed by atoms with Crippen LogP contribution in [-0.4, -0.2) is 34.0 Å². The van der Waals surface area contributed by atoms with Crippen molar-refractivity contribution in [2.24, 2.45) is 11.8 Å². The number of aryl methyl sites for hydroxylation is 1. The summed E-state index contributed by atoms with van der Waals surface area (Å²) in [6, 6.07) is 18.4. The fraction of sp³-hybridized carbons (Fsp3) is 0.444. The topological polar surface area (TPSA) is 71.3 Å². The Labute approximate surface area is 196 Å². The maximum absolute atomic E-state index is 13.2. The SMILES string of the molecule is Cc1ccccc1-c1noc(CN2CCCC(C(=O)NC(CC(C)C)c3ccccc3)C2)n1. The number of nitrogens with zero attached hydrogens (tertiary/aromatic N) is 3. The maximum Gasteiger partial charge on any atom is 0.241 e. The van der Waals surface area contributed by atoms with Gasteiger partial charge in [-0.2, -0.15) is 4.98 Å². The van der Waals surface area contributed by atoms with Gasteiger partial charge in [-0.15, -0.1) is 0 Å². The monoisotopic (exact) mass is 446 g/mol. The maximum atomic E-state index is 13.2. The van der Waals surface area contributed by atoms with Crippen molar-refractivity contribution < 1.29 is 9.32 Å². The Morgan fingerprint density at radius 2 is 1.91 bits per heavy atom. The number of piperidine rings is 1. The Morgan fingerprint density at radius 1 is 1.15 bits per heavy atom. The van der Waals surface area contributed by atoms with Gasteiger partial charge < -0.3 is 9.84 Å². The molecule has 1 N–H and O–H groups in total. The van der Waals surface area contributed by atoms with Gasteiger partial charge in [0.05, 0.1) is 18.5 Å². The van der Waals surface area contributed by atoms with E-state index < -0.39 is 0 Å². The lowest BCUT2D eigenvalue weighted by molar-refractivity contribution is -0.127. The Balaban J connectivity index is 1.38. The third-order valence-corrected chi connectivity index (χ3v) is 6.31. The summed E-state index contributed by atoms with van der Waals surface area (Å²) >= 11 is 0. The average Bonchev–Trinajstić information content (AvgIpc) is 3.27. The molecule has 2 atom stereocenters. The van der Waals surface area contributed by atoms with Crippen molar-refractivity contribution >= 4 is 5.91 Å². The largest absolute Gasteiger partial charge is 0.349 e. The van der Waals surface area contributed by atoms with Crippen LogP contribution < -0.4 is 5.32 Å². The molecule has 1 aliphatic rings. The van der Waals surface area contributed by atoms with Crippen LogP contribution in [0.2, 0.25) is 0 Å². The average molecular weight is 447 g/mol. The molecule has 174 valence electrons. The fourth-order valence-corrected chi connectivity index (χ4v) is 4.58. The fourth-order valence-electron chi connectivity index (χ4n) is 4.58. The molecule has 2 unspecified atom stereocenters. The standard InChI is InChI=1S/C27H34N4O2/c1-19(2)16-24(21-11-5-4-6-12-21)28-27(32)22-13-9-15-31(17-22)18-25-29-26(30-33-25)23-14-8-7-10-20(23)3/h4-8,10-12,14,19,22,24H,9,13,15-18H2,1-3H3,(H,28,32). The predicted molar refractivity (Wildman–Crippen MR) is 129 cm³/mol. The zero-order valence-corrected chi connectivity index (χ0v) is 19.8. The molecule has 0 bridgehead atoms. The highest BCUT2D eigenvalue weighted by molar-refractivity contribution is 5.79. The van der Waals surface area contributed by atoms with Crippen LogP contribution in [0.1, 0.15) is 56.2 Å². The smallest absolute Gasteiger partial charge is 0.241 e. The van der Waals surface area contributed by atoms with Crippen molar-refractivity contribution in [2.75, 3.05) is 13.1 Å². The van der Waals surface area contributed by atoms with Gasteiger partial charge in [-0.1, -0.05) is 73.6 Å². The van der Waals surface area contributed by atoms with E-state index in [-0.39, 0.29) is 17.9 Å². The first-order valence-electron chi connectivity index (χ1n) is 12.0. The van der Waals surface area contributed by atoms with Crippen molar-refractivity contribution in [3.05, 3.63) is 71.6 Å². The van der Waals surface area contributed by atoms with Crippen LogP contribution in [0.15, 0.2) is 59.1 Å². The van der Waals surface area contributed by atoms with Crippen molar-refractivity contribution in [3.8, 4) is 11.4 Å². The number of likely N-dealkylation sites (tertiary alicyclic amines) is 1. The van der Waals surface area contributed by atoms with Gasteiger partial charge >= 0.3 is 0 Å². The first-order valence-corrected chi connectivity index (χ1v) is 12.0. The van der Waals surface area contributed by atoms with Crippen LogP contribution in [-0.2, 0) is 11.3 Å². The highest BCUT2D eigenvalue weighted by Crippen LogP contribution is 2.25. The van der Waals surface area contributed by atoms with Crippen LogP contribution in [0.3, 0.4) is 0 Å². The minimum absolute atomic E-state index is 0.0316. The summed E-state index contributed by atoms with van der Waals surface area (Å²) in [5.74, 6) is 1.82. The molecule has 3 aromatic rings. The number of hydrogen-bond acceptors (Lipinski definition) is 5. The van der Waals surface area contributed by atoms with Crippen molar-refractivity contribution in [1.29, 1.82) is 0 Å². The quantitative estimate of drug-likeness (QED) is 0.517. The number of aromatic nitrogens is 2. The summed E-state index contributed by atoms with van der Waals surface area (Å²) in [5, 5.41) is 7.51. The normalized spacial score (nSPS) is 17.8. The van der Waals surface area contributed by atoms with Gasteiger partial charge in [0.1, 0.15) is 0 Å². The van der Waals surface area contributed by atoms with Crippen molar-refractivity contribution in [1.82, 2.24) is 20.4 Å². The van der Waals surface area contributed by atoms with Crippen LogP contribution in [0, 0.1) is 18.8 Å². The number of carbonyl (C=O) groups is 1. The van der Waals surface area contributed by atoms with Gasteiger partial charge in [-0.25, -0.2) is 0 Å². The lowest BCUT2D eigenvalue weighted by Crippen LogP contribution is -2.43. The zero-order chi connectivity index (χ0) is 23.2. The molecule has 2 aromatic carbocycles. The van der Waals surface area contributed by atoms with E-state index in [1.807, 2.05) is 49.4 Å². The molecule has 0 aliphatic carbocycles. The number of rotatable bonds is 8. The highest BCUT2D eigenvalue weighted by Gasteiger charge is 2.29. The molecular formula is C27H34N4O2. The van der Waals surface area contributed by atoms with E-state index >= 15 is 0 Å². The summed E-state index contributed by atoms with van der Waals surface area (Å²) in [6.07, 6.45) is 2.82. The summed E-state index contributed by atoms with van der Waals surface area (Å²) in [4.78, 5) is 20.1. The molecule has 0 radical (unpaired) electrons. The van der Waals surface area contributed by atoms with Crippen molar-refractivity contribution in [2.45, 2.75) is 52.6 Å². The van der Waals surface area contributed by atoms with Crippen LogP contribution in [0.5, 0.6) is 0 Å². The van der Waals surface area contributed by atoms with E-state index in [0.717, 1.165) is 36.9 Å². The zero-order valence-electron chi connectivity index (χ0n) is 19.8. The third-order valence-electron chi connectivity index (χ3n) is 6.31. The highest BCUT2D eigenvalue weighted by atomic mass is 16.5. The molecule has 6 heteroatoms. The minimum atomic E-state index is -0.0316. The number of nitrogens with one attached hydrogen (secondary N) is 1. The molecule has 1 amide bonds. The molecule has 0 saturated carbocycles. The van der Waals surface area contributed by atoms with E-state index in [9.17, 15) is 4.79 Å². The van der Waals surface area contributed by atoms with Gasteiger partial charge in [-0.05, 0) is 49.8 Å². The van der Waals surface area contributed by atoms with E-state index in [1.165, 1.54) is 5.56 Å². The minimum Gasteiger partial charge on any atom is -0.349 e. The molecule has 2 heterocycles. The molecule has 1 aliphatic heterocycles. The summed E-state index contributed by atoms with van der Waals surface area (Å²) < 4.78 is 5.54. The lowest BCUT2D eigenvalue weighted by Gasteiger charge is -2.32. The van der Waals surface area contributed by atoms with E-state index in [2.05, 4.69) is 46.3 Å². The summed E-state index contributed by atoms with van der Waals surface area (Å²) in [5.41, 5.74) is 3.27. The van der Waals surface area contributed by atoms with Crippen molar-refractivity contribution in [3.63, 3.8) is 0 Å². The second kappa shape index (κ2) is 10.8. The summed E-state index contributed by atoms with van der Waals surface area (Å²) in [6.45, 7) is 8.63. The lowest BCUT2D eigenvalue weighted by atomic mass is 9.93. The molecule has 1 aromatic heterocycles. The van der Waals surface area contributed by atoms with Crippen LogP contribution in [0.25, 0.3) is 11.4 Å². The predicted octanol–water partition coefficient (Wildman–Crippen LogP) is 5.16. The Morgan fingerprint density at radius 3 is 2.67 bits per heavy atom.